The quantitative estimate of drug-likeness (QED) is 0.172. The molecule has 6 heteroatoms. The lowest BCUT2D eigenvalue weighted by Gasteiger charge is -2.13. The minimum absolute atomic E-state index is 0.594. The highest BCUT2D eigenvalue weighted by Crippen LogP contribution is 2.38. The van der Waals surface area contributed by atoms with Crippen LogP contribution in [0.4, 0.5) is 5.69 Å². The van der Waals surface area contributed by atoms with E-state index >= 15 is 0 Å². The molecule has 10 aromatic rings. The van der Waals surface area contributed by atoms with E-state index in [1.165, 1.54) is 10.8 Å². The van der Waals surface area contributed by atoms with E-state index < -0.39 is 0 Å². The Morgan fingerprint density at radius 1 is 0.365 bits per heavy atom. The third-order valence-corrected chi connectivity index (χ3v) is 9.76. The number of hydrogen-bond acceptors (Lipinski definition) is 3. The van der Waals surface area contributed by atoms with Gasteiger partial charge in [-0.15, -0.1) is 0 Å². The summed E-state index contributed by atoms with van der Waals surface area (Å²) in [6, 6.07) is 58.2. The number of aromatic nitrogens is 5. The van der Waals surface area contributed by atoms with Crippen LogP contribution in [0, 0.1) is 6.57 Å². The molecule has 7 aromatic carbocycles. The highest BCUT2D eigenvalue weighted by Gasteiger charge is 2.18. The van der Waals surface area contributed by atoms with Gasteiger partial charge < -0.3 is 9.13 Å². The van der Waals surface area contributed by atoms with Crippen LogP contribution in [0.3, 0.4) is 0 Å². The fourth-order valence-electron chi connectivity index (χ4n) is 7.41. The van der Waals surface area contributed by atoms with Gasteiger partial charge in [-0.25, -0.2) is 19.8 Å². The summed E-state index contributed by atoms with van der Waals surface area (Å²) in [5.41, 5.74) is 9.74. The van der Waals surface area contributed by atoms with E-state index in [9.17, 15) is 0 Å². The molecule has 0 aliphatic heterocycles. The van der Waals surface area contributed by atoms with Gasteiger partial charge in [-0.1, -0.05) is 121 Å². The SMILES string of the molecule is [C-]#[N+]c1ccc2c(c1)c1ccc(-n3c4ccccc4c4ccccc43)cc1n2-c1cccc(-c2nc(-c3ccccc3)nc(-c3ccccc3)n2)c1. The molecule has 0 spiro atoms. The standard InChI is InChI=1S/C46H28N6/c1-47-33-23-26-42-39(28-33)38-25-24-35(51-40-21-10-8-19-36(40)37-20-9-11-22-41(37)51)29-43(38)52(42)34-18-12-17-32(27-34)46-49-44(30-13-4-2-5-14-30)48-45(50-46)31-15-6-3-7-16-31/h2-29H. The van der Waals surface area contributed by atoms with Crippen LogP contribution in [-0.4, -0.2) is 24.1 Å². The van der Waals surface area contributed by atoms with Crippen LogP contribution in [-0.2, 0) is 0 Å². The monoisotopic (exact) mass is 664 g/mol. The second kappa shape index (κ2) is 11.9. The minimum atomic E-state index is 0.594. The molecule has 0 aliphatic rings. The van der Waals surface area contributed by atoms with Crippen molar-refractivity contribution in [3.8, 4) is 45.5 Å². The summed E-state index contributed by atoms with van der Waals surface area (Å²) in [7, 11) is 0. The summed E-state index contributed by atoms with van der Waals surface area (Å²) in [5.74, 6) is 1.83. The van der Waals surface area contributed by atoms with Gasteiger partial charge >= 0.3 is 0 Å². The number of nitrogens with zero attached hydrogens (tertiary/aromatic N) is 6. The summed E-state index contributed by atoms with van der Waals surface area (Å²) < 4.78 is 4.63. The Labute approximate surface area is 299 Å². The Bertz CT molecular complexity index is 2910. The molecule has 10 rings (SSSR count). The summed E-state index contributed by atoms with van der Waals surface area (Å²) in [6.07, 6.45) is 0. The summed E-state index contributed by atoms with van der Waals surface area (Å²) in [5, 5.41) is 4.54. The van der Waals surface area contributed by atoms with Gasteiger partial charge in [0.05, 0.1) is 28.6 Å². The molecule has 0 radical (unpaired) electrons. The molecule has 0 N–H and O–H groups in total. The fraction of sp³-hybridized carbons (Fsp3) is 0. The average Bonchev–Trinajstić information content (AvgIpc) is 3.73. The molecule has 3 heterocycles. The van der Waals surface area contributed by atoms with Gasteiger partial charge in [-0.05, 0) is 53.9 Å². The van der Waals surface area contributed by atoms with Crippen molar-refractivity contribution >= 4 is 49.3 Å². The van der Waals surface area contributed by atoms with Gasteiger partial charge in [-0.3, -0.25) is 0 Å². The number of rotatable bonds is 5. The maximum atomic E-state index is 7.76. The average molecular weight is 665 g/mol. The molecule has 0 fully saturated rings. The molecule has 0 saturated carbocycles. The van der Waals surface area contributed by atoms with Crippen LogP contribution in [0.1, 0.15) is 0 Å². The highest BCUT2D eigenvalue weighted by atomic mass is 15.0. The van der Waals surface area contributed by atoms with Crippen molar-refractivity contribution in [2.24, 2.45) is 0 Å². The molecule has 242 valence electrons. The Morgan fingerprint density at radius 2 is 0.865 bits per heavy atom. The highest BCUT2D eigenvalue weighted by molar-refractivity contribution is 6.12. The predicted molar refractivity (Wildman–Crippen MR) is 211 cm³/mol. The van der Waals surface area contributed by atoms with Gasteiger partial charge in [0.1, 0.15) is 0 Å². The Balaban J connectivity index is 1.21. The van der Waals surface area contributed by atoms with E-state index in [1.807, 2.05) is 72.8 Å². The van der Waals surface area contributed by atoms with E-state index in [2.05, 4.69) is 111 Å². The van der Waals surface area contributed by atoms with E-state index in [-0.39, 0.29) is 0 Å². The molecular weight excluding hydrogens is 637 g/mol. The van der Waals surface area contributed by atoms with Crippen LogP contribution in [0.5, 0.6) is 0 Å². The van der Waals surface area contributed by atoms with Gasteiger partial charge in [-0.2, -0.15) is 0 Å². The molecule has 6 nitrogen and oxygen atoms in total. The zero-order valence-electron chi connectivity index (χ0n) is 27.8. The topological polar surface area (TPSA) is 52.9 Å². The lowest BCUT2D eigenvalue weighted by atomic mass is 10.1. The summed E-state index contributed by atoms with van der Waals surface area (Å²) in [4.78, 5) is 18.7. The Kier molecular flexibility index (Phi) is 6.76. The molecule has 0 aliphatic carbocycles. The van der Waals surface area contributed by atoms with Crippen molar-refractivity contribution in [2.45, 2.75) is 0 Å². The molecular formula is C46H28N6. The van der Waals surface area contributed by atoms with Crippen LogP contribution >= 0.6 is 0 Å². The maximum absolute atomic E-state index is 7.76. The number of hydrogen-bond donors (Lipinski definition) is 0. The van der Waals surface area contributed by atoms with Gasteiger partial charge in [0.25, 0.3) is 0 Å². The first kappa shape index (κ1) is 29.5. The zero-order valence-corrected chi connectivity index (χ0v) is 27.8. The predicted octanol–water partition coefficient (Wildman–Crippen LogP) is 11.6. The third kappa shape index (κ3) is 4.76. The minimum Gasteiger partial charge on any atom is -0.309 e. The summed E-state index contributed by atoms with van der Waals surface area (Å²) >= 11 is 0. The molecule has 0 amide bonds. The van der Waals surface area contributed by atoms with Crippen LogP contribution in [0.2, 0.25) is 0 Å². The van der Waals surface area contributed by atoms with Crippen LogP contribution < -0.4 is 0 Å². The molecule has 0 atom stereocenters. The van der Waals surface area contributed by atoms with Crippen molar-refractivity contribution in [1.82, 2.24) is 24.1 Å². The summed E-state index contributed by atoms with van der Waals surface area (Å²) in [6.45, 7) is 7.76. The molecule has 52 heavy (non-hydrogen) atoms. The normalized spacial score (nSPS) is 11.4. The molecule has 0 saturated heterocycles. The van der Waals surface area contributed by atoms with Crippen molar-refractivity contribution < 1.29 is 0 Å². The van der Waals surface area contributed by atoms with Crippen LogP contribution in [0.25, 0.3) is 94.0 Å². The second-order valence-electron chi connectivity index (χ2n) is 12.8. The van der Waals surface area contributed by atoms with Crippen molar-refractivity contribution in [3.63, 3.8) is 0 Å². The third-order valence-electron chi connectivity index (χ3n) is 9.76. The first-order valence-electron chi connectivity index (χ1n) is 17.2. The fourth-order valence-corrected chi connectivity index (χ4v) is 7.41. The van der Waals surface area contributed by atoms with Crippen LogP contribution in [0.15, 0.2) is 170 Å². The first-order chi connectivity index (χ1) is 25.7. The largest absolute Gasteiger partial charge is 0.309 e. The second-order valence-corrected chi connectivity index (χ2v) is 12.8. The van der Waals surface area contributed by atoms with Crippen molar-refractivity contribution in [2.75, 3.05) is 0 Å². The Hall–Kier alpha value is -7.36. The zero-order chi connectivity index (χ0) is 34.6. The van der Waals surface area contributed by atoms with Crippen molar-refractivity contribution in [1.29, 1.82) is 0 Å². The number of fused-ring (bicyclic) bond motifs is 6. The van der Waals surface area contributed by atoms with E-state index in [4.69, 9.17) is 21.5 Å². The lowest BCUT2D eigenvalue weighted by Crippen LogP contribution is -2.01. The molecule has 3 aromatic heterocycles. The van der Waals surface area contributed by atoms with E-state index in [0.29, 0.717) is 23.2 Å². The van der Waals surface area contributed by atoms with E-state index in [0.717, 1.165) is 60.9 Å². The molecule has 0 bridgehead atoms. The van der Waals surface area contributed by atoms with Gasteiger partial charge in [0.15, 0.2) is 23.2 Å². The van der Waals surface area contributed by atoms with Crippen molar-refractivity contribution in [3.05, 3.63) is 181 Å². The Morgan fingerprint density at radius 3 is 1.50 bits per heavy atom. The number of para-hydroxylation sites is 2. The molecule has 0 unspecified atom stereocenters. The first-order valence-corrected chi connectivity index (χ1v) is 17.2. The van der Waals surface area contributed by atoms with Gasteiger partial charge in [0, 0.05) is 44.2 Å². The smallest absolute Gasteiger partial charge is 0.188 e. The lowest BCUT2D eigenvalue weighted by molar-refractivity contribution is 1.07. The maximum Gasteiger partial charge on any atom is 0.188 e. The number of benzene rings is 7. The van der Waals surface area contributed by atoms with Gasteiger partial charge in [0.2, 0.25) is 0 Å². The van der Waals surface area contributed by atoms with E-state index in [1.54, 1.807) is 0 Å².